The number of aliphatic hydroxyl groups is 1. The molecule has 1 amide bonds. The maximum atomic E-state index is 12.8. The Kier molecular flexibility index (Phi) is 5.12. The molecule has 21 heavy (non-hydrogen) atoms. The summed E-state index contributed by atoms with van der Waals surface area (Å²) in [5.74, 6) is -0.950. The van der Waals surface area contributed by atoms with Gasteiger partial charge < -0.3 is 10.4 Å². The van der Waals surface area contributed by atoms with Gasteiger partial charge in [-0.3, -0.25) is 4.79 Å². The smallest absolute Gasteiger partial charge is 0.271 e. The average molecular weight is 329 g/mol. The summed E-state index contributed by atoms with van der Waals surface area (Å²) in [6.07, 6.45) is -0.965. The Hall–Kier alpha value is -1.69. The second-order valence-electron chi connectivity index (χ2n) is 4.24. The van der Waals surface area contributed by atoms with E-state index in [2.05, 4.69) is 10.3 Å². The molecule has 0 saturated carbocycles. The highest BCUT2D eigenvalue weighted by atomic mass is 35.5. The van der Waals surface area contributed by atoms with E-state index >= 15 is 0 Å². The van der Waals surface area contributed by atoms with E-state index < -0.39 is 17.8 Å². The van der Waals surface area contributed by atoms with Crippen LogP contribution in [0.3, 0.4) is 0 Å². The summed E-state index contributed by atoms with van der Waals surface area (Å²) in [7, 11) is 0. The molecule has 1 unspecified atom stereocenters. The molecule has 2 N–H and O–H groups in total. The third-order valence-corrected chi connectivity index (χ3v) is 3.25. The van der Waals surface area contributed by atoms with Crippen LogP contribution >= 0.6 is 23.2 Å². The molecule has 1 aromatic carbocycles. The fourth-order valence-electron chi connectivity index (χ4n) is 1.65. The molecule has 0 radical (unpaired) electrons. The Bertz CT molecular complexity index is 650. The molecule has 7 heteroatoms. The molecule has 1 atom stereocenters. The van der Waals surface area contributed by atoms with Crippen LogP contribution < -0.4 is 5.32 Å². The summed E-state index contributed by atoms with van der Waals surface area (Å²) in [5, 5.41) is 12.7. The number of aliphatic hydroxyl groups excluding tert-OH is 1. The lowest BCUT2D eigenvalue weighted by Crippen LogP contribution is -2.29. The van der Waals surface area contributed by atoms with E-state index in [0.29, 0.717) is 5.56 Å². The summed E-state index contributed by atoms with van der Waals surface area (Å²) in [6.45, 7) is -0.0605. The van der Waals surface area contributed by atoms with Gasteiger partial charge in [-0.05, 0) is 29.8 Å². The quantitative estimate of drug-likeness (QED) is 0.848. The minimum absolute atomic E-state index is 0.0181. The van der Waals surface area contributed by atoms with Gasteiger partial charge in [0.25, 0.3) is 5.91 Å². The van der Waals surface area contributed by atoms with Crippen LogP contribution in [0.5, 0.6) is 0 Å². The third-order valence-electron chi connectivity index (χ3n) is 2.74. The molecule has 110 valence electrons. The molecule has 1 heterocycles. The van der Waals surface area contributed by atoms with Crippen LogP contribution in [0.15, 0.2) is 36.4 Å². The zero-order chi connectivity index (χ0) is 15.4. The summed E-state index contributed by atoms with van der Waals surface area (Å²) >= 11 is 11.6. The summed E-state index contributed by atoms with van der Waals surface area (Å²) in [4.78, 5) is 15.7. The van der Waals surface area contributed by atoms with E-state index in [0.717, 1.165) is 0 Å². The number of amides is 1. The molecule has 0 aliphatic carbocycles. The standard InChI is InChI=1S/C14H11Cl2FN2O2/c15-10-5-6-12(16)19-13(10)14(21)18-7-11(20)8-1-3-9(17)4-2-8/h1-6,11,20H,7H2,(H,18,21). The van der Waals surface area contributed by atoms with Gasteiger partial charge in [0, 0.05) is 6.54 Å². The number of hydrogen-bond donors (Lipinski definition) is 2. The lowest BCUT2D eigenvalue weighted by atomic mass is 10.1. The maximum Gasteiger partial charge on any atom is 0.271 e. The van der Waals surface area contributed by atoms with Crippen LogP contribution in [-0.4, -0.2) is 22.5 Å². The normalized spacial score (nSPS) is 12.0. The lowest BCUT2D eigenvalue weighted by Gasteiger charge is -2.12. The summed E-state index contributed by atoms with van der Waals surface area (Å²) < 4.78 is 12.8. The highest BCUT2D eigenvalue weighted by Gasteiger charge is 2.15. The van der Waals surface area contributed by atoms with E-state index in [-0.39, 0.29) is 22.4 Å². The number of carbonyl (C=O) groups excluding carboxylic acids is 1. The minimum Gasteiger partial charge on any atom is -0.387 e. The van der Waals surface area contributed by atoms with Gasteiger partial charge in [0.05, 0.1) is 11.1 Å². The number of carbonyl (C=O) groups is 1. The van der Waals surface area contributed by atoms with Crippen LogP contribution in [0.25, 0.3) is 0 Å². The van der Waals surface area contributed by atoms with E-state index in [4.69, 9.17) is 23.2 Å². The van der Waals surface area contributed by atoms with Crippen molar-refractivity contribution < 1.29 is 14.3 Å². The van der Waals surface area contributed by atoms with Crippen LogP contribution in [0, 0.1) is 5.82 Å². The van der Waals surface area contributed by atoms with E-state index in [1.54, 1.807) is 0 Å². The van der Waals surface area contributed by atoms with Crippen molar-refractivity contribution in [1.29, 1.82) is 0 Å². The number of nitrogens with zero attached hydrogens (tertiary/aromatic N) is 1. The average Bonchev–Trinajstić information content (AvgIpc) is 2.47. The van der Waals surface area contributed by atoms with Gasteiger partial charge in [-0.25, -0.2) is 9.37 Å². The highest BCUT2D eigenvalue weighted by molar-refractivity contribution is 6.34. The lowest BCUT2D eigenvalue weighted by molar-refractivity contribution is 0.0911. The fourth-order valence-corrected chi connectivity index (χ4v) is 1.99. The Labute approximate surface area is 130 Å². The first-order valence-corrected chi connectivity index (χ1v) is 6.76. The predicted molar refractivity (Wildman–Crippen MR) is 78.0 cm³/mol. The van der Waals surface area contributed by atoms with Gasteiger partial charge in [-0.15, -0.1) is 0 Å². The van der Waals surface area contributed by atoms with Gasteiger partial charge in [-0.2, -0.15) is 0 Å². The Morgan fingerprint density at radius 2 is 1.90 bits per heavy atom. The number of halogens is 3. The maximum absolute atomic E-state index is 12.8. The van der Waals surface area contributed by atoms with Gasteiger partial charge in [0.15, 0.2) is 0 Å². The number of hydrogen-bond acceptors (Lipinski definition) is 3. The van der Waals surface area contributed by atoms with Crippen molar-refractivity contribution in [3.05, 3.63) is 63.6 Å². The van der Waals surface area contributed by atoms with Crippen molar-refractivity contribution in [3.8, 4) is 0 Å². The van der Waals surface area contributed by atoms with Gasteiger partial charge in [0.1, 0.15) is 16.7 Å². The first-order chi connectivity index (χ1) is 9.97. The largest absolute Gasteiger partial charge is 0.387 e. The highest BCUT2D eigenvalue weighted by Crippen LogP contribution is 2.17. The summed E-state index contributed by atoms with van der Waals surface area (Å²) in [5.41, 5.74) is 0.470. The van der Waals surface area contributed by atoms with E-state index in [9.17, 15) is 14.3 Å². The molecular formula is C14H11Cl2FN2O2. The molecule has 0 aliphatic rings. The van der Waals surface area contributed by atoms with Crippen LogP contribution in [0.2, 0.25) is 10.2 Å². The zero-order valence-electron chi connectivity index (χ0n) is 10.7. The van der Waals surface area contributed by atoms with Gasteiger partial charge in [0.2, 0.25) is 0 Å². The molecule has 4 nitrogen and oxygen atoms in total. The Morgan fingerprint density at radius 1 is 1.24 bits per heavy atom. The fraction of sp³-hybridized carbons (Fsp3) is 0.143. The zero-order valence-corrected chi connectivity index (χ0v) is 12.2. The van der Waals surface area contributed by atoms with Crippen LogP contribution in [-0.2, 0) is 0 Å². The number of rotatable bonds is 4. The molecule has 0 saturated heterocycles. The van der Waals surface area contributed by atoms with Crippen molar-refractivity contribution in [3.63, 3.8) is 0 Å². The van der Waals surface area contributed by atoms with Crippen molar-refractivity contribution in [2.45, 2.75) is 6.10 Å². The minimum atomic E-state index is -0.965. The molecule has 0 bridgehead atoms. The predicted octanol–water partition coefficient (Wildman–Crippen LogP) is 2.99. The molecule has 2 aromatic rings. The Morgan fingerprint density at radius 3 is 2.57 bits per heavy atom. The molecule has 0 spiro atoms. The Balaban J connectivity index is 2.00. The summed E-state index contributed by atoms with van der Waals surface area (Å²) in [6, 6.07) is 8.27. The van der Waals surface area contributed by atoms with Crippen LogP contribution in [0.4, 0.5) is 4.39 Å². The van der Waals surface area contributed by atoms with E-state index in [1.807, 2.05) is 0 Å². The van der Waals surface area contributed by atoms with E-state index in [1.165, 1.54) is 36.4 Å². The van der Waals surface area contributed by atoms with Crippen molar-refractivity contribution in [2.75, 3.05) is 6.54 Å². The molecule has 0 aliphatic heterocycles. The first kappa shape index (κ1) is 15.7. The number of pyridine rings is 1. The second-order valence-corrected chi connectivity index (χ2v) is 5.04. The molecule has 0 fully saturated rings. The third kappa shape index (κ3) is 4.14. The number of benzene rings is 1. The molecule has 1 aromatic heterocycles. The van der Waals surface area contributed by atoms with Crippen molar-refractivity contribution in [2.24, 2.45) is 0 Å². The topological polar surface area (TPSA) is 62.2 Å². The van der Waals surface area contributed by atoms with Crippen LogP contribution in [0.1, 0.15) is 22.2 Å². The number of nitrogens with one attached hydrogen (secondary N) is 1. The van der Waals surface area contributed by atoms with Crippen molar-refractivity contribution >= 4 is 29.1 Å². The van der Waals surface area contributed by atoms with Gasteiger partial charge >= 0.3 is 0 Å². The van der Waals surface area contributed by atoms with Gasteiger partial charge in [-0.1, -0.05) is 35.3 Å². The SMILES string of the molecule is O=C(NCC(O)c1ccc(F)cc1)c1nc(Cl)ccc1Cl. The van der Waals surface area contributed by atoms with Crippen molar-refractivity contribution in [1.82, 2.24) is 10.3 Å². The monoisotopic (exact) mass is 328 g/mol. The molecule has 2 rings (SSSR count). The molecular weight excluding hydrogens is 318 g/mol. The first-order valence-electron chi connectivity index (χ1n) is 6.01. The second kappa shape index (κ2) is 6.85. The number of aromatic nitrogens is 1.